The number of nitrogens with two attached hydrogens (primary N) is 1. The molecule has 0 aromatic heterocycles. The highest BCUT2D eigenvalue weighted by Crippen LogP contribution is 2.49. The van der Waals surface area contributed by atoms with Gasteiger partial charge in [0, 0.05) is 6.66 Å². The Hall–Kier alpha value is -2.35. The fourth-order valence-electron chi connectivity index (χ4n) is 3.13. The van der Waals surface area contributed by atoms with E-state index in [9.17, 15) is 27.7 Å². The van der Waals surface area contributed by atoms with E-state index >= 15 is 0 Å². The second kappa shape index (κ2) is 10.5. The molecule has 2 atom stereocenters. The van der Waals surface area contributed by atoms with Crippen LogP contribution in [0, 0.1) is 13.8 Å². The van der Waals surface area contributed by atoms with Crippen molar-refractivity contribution in [3.63, 3.8) is 0 Å². The average Bonchev–Trinajstić information content (AvgIpc) is 2.63. The molecule has 2 aromatic carbocycles. The van der Waals surface area contributed by atoms with Crippen molar-refractivity contribution in [2.24, 2.45) is 5.73 Å². The smallest absolute Gasteiger partial charge is 0.490 e. The third-order valence-electron chi connectivity index (χ3n) is 4.91. The molecule has 0 saturated carbocycles. The van der Waals surface area contributed by atoms with E-state index in [0.717, 1.165) is 28.7 Å². The molecular weight excluding hydrogens is 446 g/mol. The zero-order valence-electron chi connectivity index (χ0n) is 18.6. The summed E-state index contributed by atoms with van der Waals surface area (Å²) in [6.07, 6.45) is -4.34. The molecular formula is C22H29F3NO5P. The highest BCUT2D eigenvalue weighted by Gasteiger charge is 2.38. The van der Waals surface area contributed by atoms with E-state index in [4.69, 9.17) is 15.6 Å². The Morgan fingerprint density at radius 2 is 1.59 bits per heavy atom. The Morgan fingerprint density at radius 1 is 1.12 bits per heavy atom. The number of hydrogen-bond acceptors (Lipinski definition) is 4. The number of hydrogen-bond donors (Lipinski definition) is 4. The first kappa shape index (κ1) is 27.7. The topological polar surface area (TPSA) is 121 Å². The van der Waals surface area contributed by atoms with Gasteiger partial charge in [-0.3, -0.25) is 4.57 Å². The number of phenols is 1. The van der Waals surface area contributed by atoms with Gasteiger partial charge in [0.25, 0.3) is 0 Å². The Labute approximate surface area is 185 Å². The number of halogens is 3. The molecule has 0 aliphatic rings. The van der Waals surface area contributed by atoms with Gasteiger partial charge in [-0.05, 0) is 65.6 Å². The molecule has 0 heterocycles. The molecule has 0 spiro atoms. The Kier molecular flexibility index (Phi) is 9.09. The summed E-state index contributed by atoms with van der Waals surface area (Å²) in [7, 11) is -3.37. The lowest BCUT2D eigenvalue weighted by Gasteiger charge is -2.19. The molecule has 2 rings (SSSR count). The number of rotatable bonds is 5. The predicted molar refractivity (Wildman–Crippen MR) is 117 cm³/mol. The number of benzene rings is 2. The maximum Gasteiger partial charge on any atom is 0.490 e. The molecule has 32 heavy (non-hydrogen) atoms. The number of carboxylic acid groups (broad SMARTS) is 1. The first-order valence-electron chi connectivity index (χ1n) is 9.72. The maximum absolute atomic E-state index is 11.9. The van der Waals surface area contributed by atoms with Crippen molar-refractivity contribution >= 4 is 13.3 Å². The van der Waals surface area contributed by atoms with Gasteiger partial charge in [0.1, 0.15) is 11.5 Å². The Bertz CT molecular complexity index is 992. The standard InChI is InChI=1S/C20H28NO3P.C2HF3O2/c1-12(2)17-10-15(6-7-19(17)22)11-18-13(3)8-16(9-14(18)4)20(21)25(5,23)24;3-2(4,5)1(6)7/h6-10,12,20,22H,11,21H2,1-5H3,(H,23,24);(H,6,7). The van der Waals surface area contributed by atoms with E-state index in [0.29, 0.717) is 11.3 Å². The molecule has 0 amide bonds. The molecule has 10 heteroatoms. The predicted octanol–water partition coefficient (Wildman–Crippen LogP) is 5.21. The van der Waals surface area contributed by atoms with Gasteiger partial charge < -0.3 is 20.8 Å². The van der Waals surface area contributed by atoms with Gasteiger partial charge in [0.05, 0.1) is 0 Å². The first-order valence-corrected chi connectivity index (χ1v) is 11.9. The van der Waals surface area contributed by atoms with Crippen molar-refractivity contribution in [2.75, 3.05) is 6.66 Å². The van der Waals surface area contributed by atoms with E-state index < -0.39 is 25.3 Å². The third-order valence-corrected chi connectivity index (χ3v) is 6.24. The molecule has 0 aliphatic heterocycles. The zero-order chi connectivity index (χ0) is 25.0. The monoisotopic (exact) mass is 475 g/mol. The summed E-state index contributed by atoms with van der Waals surface area (Å²) >= 11 is 0. The molecule has 0 saturated heterocycles. The number of carbonyl (C=O) groups is 1. The minimum atomic E-state index is -5.08. The van der Waals surface area contributed by atoms with Crippen LogP contribution in [0.3, 0.4) is 0 Å². The number of aliphatic carboxylic acids is 1. The molecule has 5 N–H and O–H groups in total. The van der Waals surface area contributed by atoms with Gasteiger partial charge >= 0.3 is 12.1 Å². The second-order valence-corrected chi connectivity index (χ2v) is 10.5. The third kappa shape index (κ3) is 7.65. The summed E-state index contributed by atoms with van der Waals surface area (Å²) in [5.74, 6) is -3.03. The van der Waals surface area contributed by atoms with Crippen molar-refractivity contribution in [3.8, 4) is 5.75 Å². The van der Waals surface area contributed by atoms with Gasteiger partial charge in [0.2, 0.25) is 7.37 Å². The van der Waals surface area contributed by atoms with Crippen LogP contribution < -0.4 is 5.73 Å². The Morgan fingerprint density at radius 3 is 1.97 bits per heavy atom. The van der Waals surface area contributed by atoms with Crippen LogP contribution in [-0.4, -0.2) is 33.9 Å². The van der Waals surface area contributed by atoms with Crippen LogP contribution in [0.1, 0.15) is 58.9 Å². The minimum Gasteiger partial charge on any atom is -0.508 e. The van der Waals surface area contributed by atoms with E-state index in [1.165, 1.54) is 12.2 Å². The van der Waals surface area contributed by atoms with Crippen molar-refractivity contribution in [2.45, 2.75) is 52.0 Å². The molecule has 0 fully saturated rings. The summed E-state index contributed by atoms with van der Waals surface area (Å²) in [4.78, 5) is 18.6. The maximum atomic E-state index is 11.9. The molecule has 2 aromatic rings. The number of alkyl halides is 3. The quantitative estimate of drug-likeness (QED) is 0.441. The summed E-state index contributed by atoms with van der Waals surface area (Å²) in [6.45, 7) is 9.41. The summed E-state index contributed by atoms with van der Waals surface area (Å²) in [5.41, 5.74) is 12.0. The fourth-order valence-corrected chi connectivity index (χ4v) is 3.84. The summed E-state index contributed by atoms with van der Waals surface area (Å²) < 4.78 is 43.6. The molecule has 6 nitrogen and oxygen atoms in total. The van der Waals surface area contributed by atoms with Crippen molar-refractivity contribution < 1.29 is 37.6 Å². The SMILES string of the molecule is Cc1cc(C(N)P(C)(=O)O)cc(C)c1Cc1ccc(O)c(C(C)C)c1.O=C(O)C(F)(F)F. The highest BCUT2D eigenvalue weighted by molar-refractivity contribution is 7.57. The number of aromatic hydroxyl groups is 1. The Balaban J connectivity index is 0.000000633. The number of aryl methyl sites for hydroxylation is 2. The van der Waals surface area contributed by atoms with E-state index in [1.807, 2.05) is 38.1 Å². The van der Waals surface area contributed by atoms with Crippen molar-refractivity contribution in [1.82, 2.24) is 0 Å². The van der Waals surface area contributed by atoms with Crippen LogP contribution >= 0.6 is 7.37 Å². The molecule has 178 valence electrons. The van der Waals surface area contributed by atoms with Gasteiger partial charge in [-0.2, -0.15) is 13.2 Å². The van der Waals surface area contributed by atoms with Gasteiger partial charge in [-0.1, -0.05) is 38.1 Å². The largest absolute Gasteiger partial charge is 0.508 e. The summed E-state index contributed by atoms with van der Waals surface area (Å²) in [6, 6.07) is 9.55. The lowest BCUT2D eigenvalue weighted by Crippen LogP contribution is -2.21. The van der Waals surface area contributed by atoms with Crippen LogP contribution in [0.15, 0.2) is 30.3 Å². The van der Waals surface area contributed by atoms with E-state index in [2.05, 4.69) is 13.8 Å². The zero-order valence-corrected chi connectivity index (χ0v) is 19.5. The van der Waals surface area contributed by atoms with Crippen LogP contribution in [0.4, 0.5) is 13.2 Å². The van der Waals surface area contributed by atoms with Gasteiger partial charge in [-0.25, -0.2) is 4.79 Å². The lowest BCUT2D eigenvalue weighted by atomic mass is 9.92. The number of phenolic OH excluding ortho intramolecular Hbond substituents is 1. The van der Waals surface area contributed by atoms with Crippen LogP contribution in [-0.2, 0) is 15.8 Å². The van der Waals surface area contributed by atoms with Gasteiger partial charge in [-0.15, -0.1) is 0 Å². The van der Waals surface area contributed by atoms with Crippen molar-refractivity contribution in [3.05, 3.63) is 63.7 Å². The average molecular weight is 475 g/mol. The van der Waals surface area contributed by atoms with E-state index in [-0.39, 0.29) is 5.92 Å². The fraction of sp³-hybridized carbons (Fsp3) is 0.409. The van der Waals surface area contributed by atoms with Gasteiger partial charge in [0.15, 0.2) is 0 Å². The highest BCUT2D eigenvalue weighted by atomic mass is 31.2. The normalized spacial score (nSPS) is 14.3. The second-order valence-electron chi connectivity index (χ2n) is 8.05. The lowest BCUT2D eigenvalue weighted by molar-refractivity contribution is -0.192. The van der Waals surface area contributed by atoms with E-state index in [1.54, 1.807) is 6.07 Å². The van der Waals surface area contributed by atoms with Crippen LogP contribution in [0.25, 0.3) is 0 Å². The molecule has 0 aliphatic carbocycles. The molecule has 2 unspecified atom stereocenters. The van der Waals surface area contributed by atoms with Crippen molar-refractivity contribution in [1.29, 1.82) is 0 Å². The first-order chi connectivity index (χ1) is 14.4. The minimum absolute atomic E-state index is 0.255. The van der Waals surface area contributed by atoms with Crippen LogP contribution in [0.5, 0.6) is 5.75 Å². The number of carboxylic acids is 1. The molecule has 0 radical (unpaired) electrons. The molecule has 0 bridgehead atoms. The van der Waals surface area contributed by atoms with Crippen LogP contribution in [0.2, 0.25) is 0 Å². The summed E-state index contributed by atoms with van der Waals surface area (Å²) in [5, 5.41) is 17.1.